The van der Waals surface area contributed by atoms with Crippen LogP contribution < -0.4 is 5.32 Å². The zero-order valence-corrected chi connectivity index (χ0v) is 15.9. The van der Waals surface area contributed by atoms with E-state index in [0.717, 1.165) is 32.7 Å². The molecule has 1 aliphatic rings. The fourth-order valence-electron chi connectivity index (χ4n) is 3.29. The Kier molecular flexibility index (Phi) is 8.75. The number of rotatable bonds is 10. The third-order valence-electron chi connectivity index (χ3n) is 4.90. The van der Waals surface area contributed by atoms with Gasteiger partial charge in [-0.1, -0.05) is 36.8 Å². The van der Waals surface area contributed by atoms with E-state index in [-0.39, 0.29) is 0 Å². The van der Waals surface area contributed by atoms with Crippen molar-refractivity contribution in [3.63, 3.8) is 0 Å². The summed E-state index contributed by atoms with van der Waals surface area (Å²) in [5, 5.41) is 3.80. The molecule has 1 fully saturated rings. The number of piperidine rings is 1. The van der Waals surface area contributed by atoms with Gasteiger partial charge in [-0.3, -0.25) is 0 Å². The first kappa shape index (κ1) is 19.4. The lowest BCUT2D eigenvalue weighted by molar-refractivity contribution is 0.202. The molecular formula is C20H36N4. The molecule has 0 aromatic heterocycles. The molecule has 0 spiro atoms. The Labute approximate surface area is 148 Å². The van der Waals surface area contributed by atoms with E-state index in [4.69, 9.17) is 0 Å². The van der Waals surface area contributed by atoms with Crippen LogP contribution in [0.25, 0.3) is 0 Å². The maximum absolute atomic E-state index is 3.80. The minimum absolute atomic E-state index is 0.437. The van der Waals surface area contributed by atoms with Crippen LogP contribution >= 0.6 is 0 Å². The molecule has 0 aliphatic carbocycles. The van der Waals surface area contributed by atoms with Crippen molar-refractivity contribution in [1.82, 2.24) is 20.0 Å². The van der Waals surface area contributed by atoms with Crippen molar-refractivity contribution in [2.75, 3.05) is 67.0 Å². The number of benzene rings is 1. The molecule has 1 atom stereocenters. The van der Waals surface area contributed by atoms with Crippen LogP contribution in [0.2, 0.25) is 0 Å². The van der Waals surface area contributed by atoms with Crippen LogP contribution in [-0.4, -0.2) is 81.7 Å². The molecule has 1 N–H and O–H groups in total. The summed E-state index contributed by atoms with van der Waals surface area (Å²) in [6.07, 6.45) is 4.11. The summed E-state index contributed by atoms with van der Waals surface area (Å²) in [6.45, 7) is 8.02. The van der Waals surface area contributed by atoms with E-state index in [1.807, 2.05) is 0 Å². The van der Waals surface area contributed by atoms with E-state index in [0.29, 0.717) is 6.04 Å². The largest absolute Gasteiger partial charge is 0.308 e. The van der Waals surface area contributed by atoms with Crippen molar-refractivity contribution in [1.29, 1.82) is 0 Å². The molecule has 4 nitrogen and oxygen atoms in total. The van der Waals surface area contributed by atoms with Crippen molar-refractivity contribution in [2.45, 2.75) is 25.3 Å². The molecule has 1 saturated heterocycles. The number of hydrogen-bond donors (Lipinski definition) is 1. The van der Waals surface area contributed by atoms with E-state index in [1.54, 1.807) is 0 Å². The fourth-order valence-corrected chi connectivity index (χ4v) is 3.29. The third kappa shape index (κ3) is 7.31. The molecule has 1 unspecified atom stereocenters. The Morgan fingerprint density at radius 1 is 0.958 bits per heavy atom. The van der Waals surface area contributed by atoms with Crippen LogP contribution in [0.4, 0.5) is 0 Å². The number of likely N-dealkylation sites (N-methyl/N-ethyl adjacent to an activating group) is 2. The predicted octanol–water partition coefficient (Wildman–Crippen LogP) is 2.30. The second-order valence-corrected chi connectivity index (χ2v) is 7.39. The molecule has 2 rings (SSSR count). The van der Waals surface area contributed by atoms with Gasteiger partial charge >= 0.3 is 0 Å². The maximum atomic E-state index is 3.80. The number of nitrogens with zero attached hydrogens (tertiary/aromatic N) is 3. The zero-order chi connectivity index (χ0) is 17.2. The van der Waals surface area contributed by atoms with Gasteiger partial charge in [-0.2, -0.15) is 0 Å². The van der Waals surface area contributed by atoms with Crippen molar-refractivity contribution in [2.24, 2.45) is 0 Å². The first-order chi connectivity index (χ1) is 11.6. The van der Waals surface area contributed by atoms with E-state index in [2.05, 4.69) is 71.5 Å². The maximum Gasteiger partial charge on any atom is 0.0449 e. The zero-order valence-electron chi connectivity index (χ0n) is 15.9. The quantitative estimate of drug-likeness (QED) is 0.710. The minimum atomic E-state index is 0.437. The molecule has 1 aromatic carbocycles. The summed E-state index contributed by atoms with van der Waals surface area (Å²) >= 11 is 0. The average Bonchev–Trinajstić information content (AvgIpc) is 2.61. The summed E-state index contributed by atoms with van der Waals surface area (Å²) in [5.74, 6) is 0. The SMILES string of the molecule is CN(C)CCN(C)CCNC(CN1CCCCC1)c1ccccc1. The molecule has 0 saturated carbocycles. The van der Waals surface area contributed by atoms with Gasteiger partial charge in [0.2, 0.25) is 0 Å². The summed E-state index contributed by atoms with van der Waals surface area (Å²) < 4.78 is 0. The van der Waals surface area contributed by atoms with Gasteiger partial charge in [-0.05, 0) is 52.6 Å². The molecule has 0 bridgehead atoms. The molecule has 1 aliphatic heterocycles. The van der Waals surface area contributed by atoms with Gasteiger partial charge in [0.25, 0.3) is 0 Å². The summed E-state index contributed by atoms with van der Waals surface area (Å²) in [7, 11) is 6.49. The van der Waals surface area contributed by atoms with Gasteiger partial charge in [-0.25, -0.2) is 0 Å². The monoisotopic (exact) mass is 332 g/mol. The molecule has 0 radical (unpaired) electrons. The normalized spacial score (nSPS) is 17.5. The highest BCUT2D eigenvalue weighted by atomic mass is 15.2. The lowest BCUT2D eigenvalue weighted by Gasteiger charge is -2.31. The molecule has 1 heterocycles. The number of hydrogen-bond acceptors (Lipinski definition) is 4. The van der Waals surface area contributed by atoms with Crippen LogP contribution in [0.5, 0.6) is 0 Å². The average molecular weight is 333 g/mol. The van der Waals surface area contributed by atoms with E-state index >= 15 is 0 Å². The lowest BCUT2D eigenvalue weighted by Crippen LogP contribution is -2.40. The number of likely N-dealkylation sites (tertiary alicyclic amines) is 1. The summed E-state index contributed by atoms with van der Waals surface area (Å²) in [5.41, 5.74) is 1.42. The smallest absolute Gasteiger partial charge is 0.0449 e. The molecule has 136 valence electrons. The molecule has 4 heteroatoms. The predicted molar refractivity (Wildman–Crippen MR) is 104 cm³/mol. The van der Waals surface area contributed by atoms with Gasteiger partial charge < -0.3 is 20.0 Å². The van der Waals surface area contributed by atoms with Crippen molar-refractivity contribution in [3.8, 4) is 0 Å². The second kappa shape index (κ2) is 10.8. The van der Waals surface area contributed by atoms with Crippen molar-refractivity contribution in [3.05, 3.63) is 35.9 Å². The Morgan fingerprint density at radius 2 is 1.67 bits per heavy atom. The molecule has 1 aromatic rings. The lowest BCUT2D eigenvalue weighted by atomic mass is 10.0. The highest BCUT2D eigenvalue weighted by Gasteiger charge is 2.17. The van der Waals surface area contributed by atoms with E-state index in [1.165, 1.54) is 37.9 Å². The number of nitrogens with one attached hydrogen (secondary N) is 1. The van der Waals surface area contributed by atoms with E-state index in [9.17, 15) is 0 Å². The van der Waals surface area contributed by atoms with Crippen LogP contribution in [-0.2, 0) is 0 Å². The Morgan fingerprint density at radius 3 is 2.33 bits per heavy atom. The standard InChI is InChI=1S/C20H36N4/c1-22(2)16-17-23(3)15-12-21-20(19-10-6-4-7-11-19)18-24-13-8-5-9-14-24/h4,6-7,10-11,20-21H,5,8-9,12-18H2,1-3H3. The topological polar surface area (TPSA) is 21.8 Å². The molecule has 0 amide bonds. The highest BCUT2D eigenvalue weighted by Crippen LogP contribution is 2.17. The van der Waals surface area contributed by atoms with Gasteiger partial charge in [0.05, 0.1) is 0 Å². The fraction of sp³-hybridized carbons (Fsp3) is 0.700. The molecule has 24 heavy (non-hydrogen) atoms. The second-order valence-electron chi connectivity index (χ2n) is 7.39. The van der Waals surface area contributed by atoms with Crippen LogP contribution in [0.1, 0.15) is 30.9 Å². The summed E-state index contributed by atoms with van der Waals surface area (Å²) in [6, 6.07) is 11.4. The van der Waals surface area contributed by atoms with Crippen molar-refractivity contribution >= 4 is 0 Å². The minimum Gasteiger partial charge on any atom is -0.308 e. The van der Waals surface area contributed by atoms with Gasteiger partial charge in [0.1, 0.15) is 0 Å². The highest BCUT2D eigenvalue weighted by molar-refractivity contribution is 5.19. The van der Waals surface area contributed by atoms with Gasteiger partial charge in [-0.15, -0.1) is 0 Å². The Balaban J connectivity index is 1.82. The first-order valence-electron chi connectivity index (χ1n) is 9.49. The van der Waals surface area contributed by atoms with Crippen LogP contribution in [0, 0.1) is 0 Å². The van der Waals surface area contributed by atoms with E-state index < -0.39 is 0 Å². The Hall–Kier alpha value is -0.940. The first-order valence-corrected chi connectivity index (χ1v) is 9.49. The van der Waals surface area contributed by atoms with Gasteiger partial charge in [0, 0.05) is 38.8 Å². The van der Waals surface area contributed by atoms with Crippen LogP contribution in [0.15, 0.2) is 30.3 Å². The van der Waals surface area contributed by atoms with Crippen LogP contribution in [0.3, 0.4) is 0 Å². The molecular weight excluding hydrogens is 296 g/mol. The third-order valence-corrected chi connectivity index (χ3v) is 4.90. The summed E-state index contributed by atoms with van der Waals surface area (Å²) in [4.78, 5) is 7.28. The van der Waals surface area contributed by atoms with Crippen molar-refractivity contribution < 1.29 is 0 Å². The Bertz CT molecular complexity index is 429. The van der Waals surface area contributed by atoms with Gasteiger partial charge in [0.15, 0.2) is 0 Å².